The number of benzene rings is 2. The van der Waals surface area contributed by atoms with Crippen LogP contribution in [0.2, 0.25) is 0 Å². The first-order valence-electron chi connectivity index (χ1n) is 10.0. The zero-order chi connectivity index (χ0) is 21.7. The van der Waals surface area contributed by atoms with E-state index in [2.05, 4.69) is 5.32 Å². The number of hydrogen-bond acceptors (Lipinski definition) is 5. The predicted molar refractivity (Wildman–Crippen MR) is 115 cm³/mol. The van der Waals surface area contributed by atoms with E-state index in [1.807, 2.05) is 19.9 Å². The molecule has 2 aromatic rings. The second-order valence-corrected chi connectivity index (χ2v) is 9.62. The molecule has 7 nitrogen and oxygen atoms in total. The summed E-state index contributed by atoms with van der Waals surface area (Å²) in [5.41, 5.74) is 2.53. The van der Waals surface area contributed by atoms with Gasteiger partial charge in [-0.2, -0.15) is 4.31 Å². The summed E-state index contributed by atoms with van der Waals surface area (Å²) in [6.45, 7) is 5.70. The number of rotatable bonds is 7. The number of ether oxygens (including phenoxy) is 1. The van der Waals surface area contributed by atoms with Gasteiger partial charge < -0.3 is 15.2 Å². The van der Waals surface area contributed by atoms with E-state index >= 15 is 0 Å². The fourth-order valence-corrected chi connectivity index (χ4v) is 4.91. The normalized spacial score (nSPS) is 15.3. The molecule has 1 heterocycles. The smallest absolute Gasteiger partial charge is 0.255 e. The van der Waals surface area contributed by atoms with Gasteiger partial charge in [-0.15, -0.1) is 0 Å². The average molecular weight is 433 g/mol. The van der Waals surface area contributed by atoms with E-state index in [-0.39, 0.29) is 29.5 Å². The van der Waals surface area contributed by atoms with E-state index in [4.69, 9.17) is 4.74 Å². The molecule has 1 aliphatic rings. The Morgan fingerprint density at radius 3 is 2.47 bits per heavy atom. The summed E-state index contributed by atoms with van der Waals surface area (Å²) in [6.07, 6.45) is 0. The van der Waals surface area contributed by atoms with Crippen molar-refractivity contribution in [3.8, 4) is 5.75 Å². The van der Waals surface area contributed by atoms with Gasteiger partial charge in [0.2, 0.25) is 10.0 Å². The van der Waals surface area contributed by atoms with E-state index in [0.717, 1.165) is 11.1 Å². The summed E-state index contributed by atoms with van der Waals surface area (Å²) in [5.74, 6) is -0.392. The molecule has 0 spiro atoms. The molecule has 1 fully saturated rings. The molecule has 0 atom stereocenters. The maximum absolute atomic E-state index is 12.8. The molecule has 30 heavy (non-hydrogen) atoms. The molecular formula is C22H28N2O5S. The molecule has 8 heteroatoms. The Kier molecular flexibility index (Phi) is 7.12. The second-order valence-electron chi connectivity index (χ2n) is 7.65. The van der Waals surface area contributed by atoms with E-state index in [1.165, 1.54) is 10.4 Å². The highest BCUT2D eigenvalue weighted by Gasteiger charge is 2.25. The molecule has 0 bridgehead atoms. The summed E-state index contributed by atoms with van der Waals surface area (Å²) in [5, 5.41) is 12.9. The number of morpholine rings is 1. The Morgan fingerprint density at radius 1 is 1.13 bits per heavy atom. The van der Waals surface area contributed by atoms with Crippen LogP contribution in [0.4, 0.5) is 0 Å². The number of phenolic OH excluding ortho intramolecular Hbond substituents is 1. The second kappa shape index (κ2) is 9.59. The minimum atomic E-state index is -3.47. The standard InChI is InChI=1S/C22H28N2O5S/c1-16(2)17-7-8-21(25)20(13-17)22(26)23-14-18-5-3-4-6-19(18)15-30(27,28)24-9-11-29-12-10-24/h3-8,13,16,25H,9-12,14-15H2,1-2H3,(H,23,26). The molecule has 0 aliphatic carbocycles. The number of amides is 1. The Bertz CT molecular complexity index is 998. The zero-order valence-electron chi connectivity index (χ0n) is 17.3. The highest BCUT2D eigenvalue weighted by molar-refractivity contribution is 7.88. The number of nitrogens with one attached hydrogen (secondary N) is 1. The molecule has 1 saturated heterocycles. The number of carbonyl (C=O) groups excluding carboxylic acids is 1. The SMILES string of the molecule is CC(C)c1ccc(O)c(C(=O)NCc2ccccc2CS(=O)(=O)N2CCOCC2)c1. The van der Waals surface area contributed by atoms with Crippen LogP contribution >= 0.6 is 0 Å². The largest absolute Gasteiger partial charge is 0.507 e. The van der Waals surface area contributed by atoms with Crippen LogP contribution in [0.15, 0.2) is 42.5 Å². The number of aromatic hydroxyl groups is 1. The van der Waals surface area contributed by atoms with Crippen LogP contribution in [0, 0.1) is 0 Å². The van der Waals surface area contributed by atoms with Crippen molar-refractivity contribution >= 4 is 15.9 Å². The predicted octanol–water partition coefficient (Wildman–Crippen LogP) is 2.61. The third-order valence-corrected chi connectivity index (χ3v) is 7.02. The van der Waals surface area contributed by atoms with E-state index in [1.54, 1.807) is 30.3 Å². The molecular weight excluding hydrogens is 404 g/mol. The molecule has 1 amide bonds. The zero-order valence-corrected chi connectivity index (χ0v) is 18.1. The number of phenols is 1. The van der Waals surface area contributed by atoms with Crippen LogP contribution in [-0.4, -0.2) is 50.0 Å². The lowest BCUT2D eigenvalue weighted by Gasteiger charge is -2.26. The van der Waals surface area contributed by atoms with Crippen molar-refractivity contribution in [2.75, 3.05) is 26.3 Å². The van der Waals surface area contributed by atoms with Gasteiger partial charge in [-0.05, 0) is 34.7 Å². The molecule has 1 aliphatic heterocycles. The minimum Gasteiger partial charge on any atom is -0.507 e. The van der Waals surface area contributed by atoms with Crippen LogP contribution in [0.25, 0.3) is 0 Å². The maximum Gasteiger partial charge on any atom is 0.255 e. The molecule has 3 rings (SSSR count). The summed E-state index contributed by atoms with van der Waals surface area (Å²) in [6, 6.07) is 12.2. The minimum absolute atomic E-state index is 0.0833. The summed E-state index contributed by atoms with van der Waals surface area (Å²) in [7, 11) is -3.47. The van der Waals surface area contributed by atoms with Crippen molar-refractivity contribution < 1.29 is 23.1 Å². The van der Waals surface area contributed by atoms with Gasteiger partial charge in [0.1, 0.15) is 5.75 Å². The first kappa shape index (κ1) is 22.3. The van der Waals surface area contributed by atoms with Gasteiger partial charge in [-0.3, -0.25) is 4.79 Å². The molecule has 0 saturated carbocycles. The monoisotopic (exact) mass is 432 g/mol. The number of carbonyl (C=O) groups is 1. The molecule has 0 unspecified atom stereocenters. The Morgan fingerprint density at radius 2 is 1.80 bits per heavy atom. The van der Waals surface area contributed by atoms with Crippen LogP contribution in [0.5, 0.6) is 5.75 Å². The van der Waals surface area contributed by atoms with Gasteiger partial charge in [-0.25, -0.2) is 8.42 Å². The lowest BCUT2D eigenvalue weighted by molar-refractivity contribution is 0.0729. The molecule has 2 N–H and O–H groups in total. The van der Waals surface area contributed by atoms with Crippen LogP contribution in [0.1, 0.15) is 46.8 Å². The highest BCUT2D eigenvalue weighted by Crippen LogP contribution is 2.23. The van der Waals surface area contributed by atoms with Gasteiger partial charge in [0.25, 0.3) is 5.91 Å². The number of sulfonamides is 1. The third kappa shape index (κ3) is 5.38. The Hall–Kier alpha value is -2.42. The molecule has 0 radical (unpaired) electrons. The van der Waals surface area contributed by atoms with E-state index in [9.17, 15) is 18.3 Å². The van der Waals surface area contributed by atoms with Crippen molar-refractivity contribution in [1.82, 2.24) is 9.62 Å². The van der Waals surface area contributed by atoms with Gasteiger partial charge >= 0.3 is 0 Å². The fourth-order valence-electron chi connectivity index (χ4n) is 3.35. The quantitative estimate of drug-likeness (QED) is 0.701. The van der Waals surface area contributed by atoms with Crippen molar-refractivity contribution in [3.05, 3.63) is 64.7 Å². The Labute approximate surface area is 177 Å². The van der Waals surface area contributed by atoms with Crippen LogP contribution in [-0.2, 0) is 27.1 Å². The van der Waals surface area contributed by atoms with Crippen LogP contribution in [0.3, 0.4) is 0 Å². The van der Waals surface area contributed by atoms with Crippen LogP contribution < -0.4 is 5.32 Å². The number of hydrogen-bond donors (Lipinski definition) is 2. The van der Waals surface area contributed by atoms with Crippen molar-refractivity contribution in [1.29, 1.82) is 0 Å². The van der Waals surface area contributed by atoms with Crippen molar-refractivity contribution in [2.45, 2.75) is 32.1 Å². The molecule has 162 valence electrons. The first-order valence-corrected chi connectivity index (χ1v) is 11.6. The maximum atomic E-state index is 12.8. The number of nitrogens with zero attached hydrogens (tertiary/aromatic N) is 1. The van der Waals surface area contributed by atoms with E-state index in [0.29, 0.717) is 31.9 Å². The lowest BCUT2D eigenvalue weighted by atomic mass is 10.00. The first-order chi connectivity index (χ1) is 14.3. The van der Waals surface area contributed by atoms with Crippen molar-refractivity contribution in [2.24, 2.45) is 0 Å². The van der Waals surface area contributed by atoms with Gasteiger partial charge in [0.15, 0.2) is 0 Å². The van der Waals surface area contributed by atoms with E-state index < -0.39 is 15.9 Å². The molecule has 0 aromatic heterocycles. The van der Waals surface area contributed by atoms with Gasteiger partial charge in [-0.1, -0.05) is 44.2 Å². The lowest BCUT2D eigenvalue weighted by Crippen LogP contribution is -2.41. The Balaban J connectivity index is 1.72. The summed E-state index contributed by atoms with van der Waals surface area (Å²) >= 11 is 0. The van der Waals surface area contributed by atoms with Crippen molar-refractivity contribution in [3.63, 3.8) is 0 Å². The third-order valence-electron chi connectivity index (χ3n) is 5.19. The fraction of sp³-hybridized carbons (Fsp3) is 0.409. The highest BCUT2D eigenvalue weighted by atomic mass is 32.2. The molecule has 2 aromatic carbocycles. The summed E-state index contributed by atoms with van der Waals surface area (Å²) in [4.78, 5) is 12.6. The van der Waals surface area contributed by atoms with Gasteiger partial charge in [0, 0.05) is 19.6 Å². The average Bonchev–Trinajstić information content (AvgIpc) is 2.73. The van der Waals surface area contributed by atoms with Gasteiger partial charge in [0.05, 0.1) is 24.5 Å². The summed E-state index contributed by atoms with van der Waals surface area (Å²) < 4.78 is 32.2. The topological polar surface area (TPSA) is 95.9 Å².